The van der Waals surface area contributed by atoms with Crippen molar-refractivity contribution in [3.05, 3.63) is 59.0 Å². The van der Waals surface area contributed by atoms with Crippen LogP contribution in [0.2, 0.25) is 0 Å². The fraction of sp³-hybridized carbons (Fsp3) is 0.200. The van der Waals surface area contributed by atoms with Crippen molar-refractivity contribution in [2.24, 2.45) is 0 Å². The summed E-state index contributed by atoms with van der Waals surface area (Å²) in [5.41, 5.74) is 2.37. The average Bonchev–Trinajstić information content (AvgIpc) is 2.96. The molecule has 0 saturated carbocycles. The van der Waals surface area contributed by atoms with E-state index in [2.05, 4.69) is 6.07 Å². The molecule has 3 rings (SSSR count). The van der Waals surface area contributed by atoms with Gasteiger partial charge in [-0.15, -0.1) is 0 Å². The smallest absolute Gasteiger partial charge is 0.371 e. The summed E-state index contributed by atoms with van der Waals surface area (Å²) in [7, 11) is 0. The van der Waals surface area contributed by atoms with Crippen molar-refractivity contribution in [1.82, 2.24) is 4.90 Å². The molecule has 2 aromatic rings. The molecule has 0 atom stereocenters. The van der Waals surface area contributed by atoms with Crippen molar-refractivity contribution in [2.45, 2.75) is 13.0 Å². The minimum atomic E-state index is -1.17. The molecular formula is C15H13NO4. The Balaban J connectivity index is 1.80. The molecule has 1 N–H and O–H groups in total. The lowest BCUT2D eigenvalue weighted by Crippen LogP contribution is -2.35. The molecule has 2 heterocycles. The molecule has 5 nitrogen and oxygen atoms in total. The van der Waals surface area contributed by atoms with E-state index < -0.39 is 5.97 Å². The van der Waals surface area contributed by atoms with E-state index >= 15 is 0 Å². The number of carbonyl (C=O) groups is 2. The molecular weight excluding hydrogens is 258 g/mol. The van der Waals surface area contributed by atoms with Gasteiger partial charge in [-0.25, -0.2) is 4.79 Å². The Morgan fingerprint density at radius 3 is 2.45 bits per heavy atom. The van der Waals surface area contributed by atoms with Crippen molar-refractivity contribution in [3.63, 3.8) is 0 Å². The topological polar surface area (TPSA) is 70.8 Å². The fourth-order valence-electron chi connectivity index (χ4n) is 2.39. The Bertz CT molecular complexity index is 674. The van der Waals surface area contributed by atoms with Gasteiger partial charge >= 0.3 is 5.97 Å². The predicted molar refractivity (Wildman–Crippen MR) is 70.6 cm³/mol. The second-order valence-corrected chi connectivity index (χ2v) is 4.71. The molecule has 1 aromatic heterocycles. The molecule has 5 heteroatoms. The van der Waals surface area contributed by atoms with Crippen molar-refractivity contribution in [3.8, 4) is 0 Å². The highest BCUT2D eigenvalue weighted by Gasteiger charge is 2.24. The summed E-state index contributed by atoms with van der Waals surface area (Å²) < 4.78 is 5.06. The van der Waals surface area contributed by atoms with Gasteiger partial charge in [-0.1, -0.05) is 24.3 Å². The van der Waals surface area contributed by atoms with Crippen molar-refractivity contribution in [2.75, 3.05) is 6.54 Å². The standard InChI is InChI=1S/C15H13NO4/c17-14(12-5-6-13(20-12)15(18)19)16-8-7-10-3-1-2-4-11(10)9-16/h1-6H,7-9H2,(H,18,19). The normalized spacial score (nSPS) is 13.9. The number of fused-ring (bicyclic) bond motifs is 1. The van der Waals surface area contributed by atoms with Gasteiger partial charge in [0, 0.05) is 13.1 Å². The summed E-state index contributed by atoms with van der Waals surface area (Å²) in [6.07, 6.45) is 0.800. The molecule has 0 radical (unpaired) electrons. The maximum atomic E-state index is 12.3. The lowest BCUT2D eigenvalue weighted by atomic mass is 10.00. The average molecular weight is 271 g/mol. The van der Waals surface area contributed by atoms with Crippen LogP contribution in [0.25, 0.3) is 0 Å². The van der Waals surface area contributed by atoms with Gasteiger partial charge in [0.05, 0.1) is 0 Å². The van der Waals surface area contributed by atoms with E-state index in [-0.39, 0.29) is 17.4 Å². The summed E-state index contributed by atoms with van der Waals surface area (Å²) in [4.78, 5) is 24.7. The van der Waals surface area contributed by atoms with Gasteiger partial charge in [-0.2, -0.15) is 0 Å². The van der Waals surface area contributed by atoms with E-state index in [1.165, 1.54) is 17.7 Å². The maximum absolute atomic E-state index is 12.3. The largest absolute Gasteiger partial charge is 0.475 e. The number of amides is 1. The van der Waals surface area contributed by atoms with Crippen molar-refractivity contribution in [1.29, 1.82) is 0 Å². The number of nitrogens with zero attached hydrogens (tertiary/aromatic N) is 1. The van der Waals surface area contributed by atoms with Crippen LogP contribution in [0, 0.1) is 0 Å². The van der Waals surface area contributed by atoms with Crippen LogP contribution in [0.5, 0.6) is 0 Å². The first-order valence-electron chi connectivity index (χ1n) is 6.34. The molecule has 0 bridgehead atoms. The second-order valence-electron chi connectivity index (χ2n) is 4.71. The molecule has 0 aliphatic carbocycles. The zero-order valence-electron chi connectivity index (χ0n) is 10.7. The van der Waals surface area contributed by atoms with Gasteiger partial charge in [-0.05, 0) is 29.7 Å². The number of carboxylic acid groups (broad SMARTS) is 1. The summed E-state index contributed by atoms with van der Waals surface area (Å²) in [6, 6.07) is 10.7. The second kappa shape index (κ2) is 4.85. The van der Waals surface area contributed by atoms with Crippen molar-refractivity contribution >= 4 is 11.9 Å². The summed E-state index contributed by atoms with van der Waals surface area (Å²) in [5, 5.41) is 8.80. The molecule has 102 valence electrons. The first-order chi connectivity index (χ1) is 9.65. The number of furan rings is 1. The number of benzene rings is 1. The highest BCUT2D eigenvalue weighted by molar-refractivity contribution is 5.93. The molecule has 20 heavy (non-hydrogen) atoms. The van der Waals surface area contributed by atoms with Crippen LogP contribution in [-0.2, 0) is 13.0 Å². The SMILES string of the molecule is O=C(O)c1ccc(C(=O)N2CCc3ccccc3C2)o1. The summed E-state index contributed by atoms with van der Waals surface area (Å²) in [5.74, 6) is -1.59. The minimum absolute atomic E-state index is 0.0711. The van der Waals surface area contributed by atoms with E-state index in [1.54, 1.807) is 4.90 Å². The highest BCUT2D eigenvalue weighted by atomic mass is 16.4. The van der Waals surface area contributed by atoms with E-state index in [0.29, 0.717) is 13.1 Å². The van der Waals surface area contributed by atoms with Crippen LogP contribution < -0.4 is 0 Å². The number of hydrogen-bond donors (Lipinski definition) is 1. The molecule has 0 fully saturated rings. The van der Waals surface area contributed by atoms with Gasteiger partial charge < -0.3 is 14.4 Å². The van der Waals surface area contributed by atoms with E-state index in [4.69, 9.17) is 9.52 Å². The molecule has 1 aliphatic heterocycles. The van der Waals surface area contributed by atoms with E-state index in [0.717, 1.165) is 12.0 Å². The van der Waals surface area contributed by atoms with Crippen molar-refractivity contribution < 1.29 is 19.1 Å². The molecule has 1 aliphatic rings. The maximum Gasteiger partial charge on any atom is 0.371 e. The van der Waals surface area contributed by atoms with Gasteiger partial charge in [0.25, 0.3) is 5.91 Å². The third-order valence-electron chi connectivity index (χ3n) is 3.45. The zero-order valence-corrected chi connectivity index (χ0v) is 10.7. The minimum Gasteiger partial charge on any atom is -0.475 e. The van der Waals surface area contributed by atoms with Crippen LogP contribution >= 0.6 is 0 Å². The predicted octanol–water partition coefficient (Wildman–Crippen LogP) is 2.18. The number of carboxylic acids is 1. The molecule has 0 unspecified atom stereocenters. The number of rotatable bonds is 2. The first-order valence-corrected chi connectivity index (χ1v) is 6.34. The lowest BCUT2D eigenvalue weighted by Gasteiger charge is -2.28. The van der Waals surface area contributed by atoms with Gasteiger partial charge in [0.15, 0.2) is 5.76 Å². The molecule has 1 aromatic carbocycles. The Morgan fingerprint density at radius 1 is 1.05 bits per heavy atom. The monoisotopic (exact) mass is 271 g/mol. The van der Waals surface area contributed by atoms with Gasteiger partial charge in [-0.3, -0.25) is 4.79 Å². The Kier molecular flexibility index (Phi) is 3.02. The third kappa shape index (κ3) is 2.18. The van der Waals surface area contributed by atoms with Gasteiger partial charge in [0.1, 0.15) is 0 Å². The highest BCUT2D eigenvalue weighted by Crippen LogP contribution is 2.21. The van der Waals surface area contributed by atoms with E-state index in [1.807, 2.05) is 18.2 Å². The fourth-order valence-corrected chi connectivity index (χ4v) is 2.39. The van der Waals surface area contributed by atoms with Crippen LogP contribution in [0.1, 0.15) is 32.2 Å². The Hall–Kier alpha value is -2.56. The summed E-state index contributed by atoms with van der Waals surface area (Å²) >= 11 is 0. The molecule has 0 saturated heterocycles. The van der Waals surface area contributed by atoms with E-state index in [9.17, 15) is 9.59 Å². The van der Waals surface area contributed by atoms with Crippen LogP contribution in [-0.4, -0.2) is 28.4 Å². The van der Waals surface area contributed by atoms with Crippen LogP contribution in [0.3, 0.4) is 0 Å². The van der Waals surface area contributed by atoms with Gasteiger partial charge in [0.2, 0.25) is 5.76 Å². The Labute approximate surface area is 115 Å². The Morgan fingerprint density at radius 2 is 1.75 bits per heavy atom. The molecule has 0 spiro atoms. The molecule has 1 amide bonds. The number of aromatic carboxylic acids is 1. The first kappa shape index (κ1) is 12.5. The summed E-state index contributed by atoms with van der Waals surface area (Å²) in [6.45, 7) is 1.14. The zero-order chi connectivity index (χ0) is 14.1. The lowest BCUT2D eigenvalue weighted by molar-refractivity contribution is 0.0645. The van der Waals surface area contributed by atoms with Crippen LogP contribution in [0.4, 0.5) is 0 Å². The number of carbonyl (C=O) groups excluding carboxylic acids is 1. The third-order valence-corrected chi connectivity index (χ3v) is 3.45. The quantitative estimate of drug-likeness (QED) is 0.908. The van der Waals surface area contributed by atoms with Crippen LogP contribution in [0.15, 0.2) is 40.8 Å². The number of hydrogen-bond acceptors (Lipinski definition) is 3.